The van der Waals surface area contributed by atoms with Crippen molar-refractivity contribution in [2.75, 3.05) is 6.61 Å². The Hall–Kier alpha value is -3.36. The first kappa shape index (κ1) is 17.5. The lowest BCUT2D eigenvalue weighted by atomic mass is 10.1. The van der Waals surface area contributed by atoms with E-state index in [1.807, 2.05) is 0 Å². The summed E-state index contributed by atoms with van der Waals surface area (Å²) in [5.74, 6) is -1.42. The molecule has 9 nitrogen and oxygen atoms in total. The van der Waals surface area contributed by atoms with Gasteiger partial charge in [-0.15, -0.1) is 5.10 Å². The molecule has 0 amide bonds. The number of hydrogen-bond acceptors (Lipinski definition) is 7. The van der Waals surface area contributed by atoms with E-state index >= 15 is 0 Å². The van der Waals surface area contributed by atoms with Gasteiger partial charge < -0.3 is 18.6 Å². The molecule has 0 atom stereocenters. The normalized spacial score (nSPS) is 10.9. The number of Topliss-reactive ketones (excluding diaryl/α,β-unsaturated/α-hetero) is 1. The summed E-state index contributed by atoms with van der Waals surface area (Å²) in [5, 5.41) is 3.97. The molecule has 0 spiro atoms. The van der Waals surface area contributed by atoms with Gasteiger partial charge in [0.2, 0.25) is 0 Å². The smallest absolute Gasteiger partial charge is 0.437 e. The highest BCUT2D eigenvalue weighted by Crippen LogP contribution is 2.20. The zero-order valence-electron chi connectivity index (χ0n) is 14.5. The van der Waals surface area contributed by atoms with Gasteiger partial charge in [0.05, 0.1) is 12.9 Å². The number of ether oxygens (including phenoxy) is 1. The van der Waals surface area contributed by atoms with Gasteiger partial charge >= 0.3 is 11.7 Å². The summed E-state index contributed by atoms with van der Waals surface area (Å²) in [4.78, 5) is 39.4. The summed E-state index contributed by atoms with van der Waals surface area (Å²) in [6.07, 6.45) is 1.42. The summed E-state index contributed by atoms with van der Waals surface area (Å²) in [5.41, 5.74) is 1.52. The number of furan rings is 1. The molecule has 3 aromatic rings. The second kappa shape index (κ2) is 6.87. The van der Waals surface area contributed by atoms with Crippen LogP contribution in [0.1, 0.15) is 39.0 Å². The summed E-state index contributed by atoms with van der Waals surface area (Å²) >= 11 is 0. The zero-order valence-corrected chi connectivity index (χ0v) is 14.5. The van der Waals surface area contributed by atoms with Crippen molar-refractivity contribution in [2.24, 2.45) is 0 Å². The summed E-state index contributed by atoms with van der Waals surface area (Å²) in [6, 6.07) is 3.21. The number of carbonyl (C=O) groups excluding carboxylic acids is 2. The summed E-state index contributed by atoms with van der Waals surface area (Å²) in [6.45, 7) is 4.91. The molecule has 0 bridgehead atoms. The van der Waals surface area contributed by atoms with Gasteiger partial charge in [-0.1, -0.05) is 0 Å². The van der Waals surface area contributed by atoms with Crippen molar-refractivity contribution in [3.63, 3.8) is 0 Å². The molecule has 0 saturated carbocycles. The largest absolute Gasteiger partial charge is 0.461 e. The van der Waals surface area contributed by atoms with Crippen molar-refractivity contribution in [3.05, 3.63) is 51.5 Å². The maximum absolute atomic E-state index is 12.7. The molecule has 0 aliphatic rings. The van der Waals surface area contributed by atoms with Crippen LogP contribution in [0.4, 0.5) is 0 Å². The number of aromatic amines is 1. The Morgan fingerprint density at radius 3 is 2.77 bits per heavy atom. The second-order valence-electron chi connectivity index (χ2n) is 5.58. The van der Waals surface area contributed by atoms with E-state index in [2.05, 4.69) is 10.1 Å². The maximum atomic E-state index is 12.7. The fourth-order valence-corrected chi connectivity index (χ4v) is 2.70. The Morgan fingerprint density at radius 1 is 1.35 bits per heavy atom. The van der Waals surface area contributed by atoms with Crippen molar-refractivity contribution in [2.45, 2.75) is 27.3 Å². The van der Waals surface area contributed by atoms with Gasteiger partial charge in [-0.25, -0.2) is 9.59 Å². The molecular formula is C17H17N3O6. The van der Waals surface area contributed by atoms with Crippen LogP contribution in [0.25, 0.3) is 11.7 Å². The average molecular weight is 359 g/mol. The fraction of sp³-hybridized carbons (Fsp3) is 0.294. The molecule has 0 aromatic carbocycles. The topological polar surface area (TPSA) is 120 Å². The molecule has 0 radical (unpaired) electrons. The van der Waals surface area contributed by atoms with Gasteiger partial charge in [0.15, 0.2) is 11.5 Å². The van der Waals surface area contributed by atoms with Crippen molar-refractivity contribution in [1.29, 1.82) is 0 Å². The fourth-order valence-electron chi connectivity index (χ4n) is 2.70. The van der Waals surface area contributed by atoms with E-state index in [1.54, 1.807) is 32.9 Å². The van der Waals surface area contributed by atoms with E-state index in [0.29, 0.717) is 16.8 Å². The standard InChI is InChI=1S/C17H17N3O6/c1-4-24-16(22)14-9(2)13(10(3)18-14)11(21)8-20-17(23)26-15(19-20)12-6-5-7-25-12/h5-7,18H,4,8H2,1-3H3. The Kier molecular flexibility index (Phi) is 4.61. The minimum Gasteiger partial charge on any atom is -0.461 e. The third-order valence-corrected chi connectivity index (χ3v) is 3.83. The number of esters is 1. The van der Waals surface area contributed by atoms with Crippen LogP contribution in [-0.4, -0.2) is 33.1 Å². The number of aryl methyl sites for hydroxylation is 1. The highest BCUT2D eigenvalue weighted by Gasteiger charge is 2.24. The van der Waals surface area contributed by atoms with Crippen LogP contribution in [-0.2, 0) is 11.3 Å². The van der Waals surface area contributed by atoms with Crippen molar-refractivity contribution in [1.82, 2.24) is 14.8 Å². The first-order valence-corrected chi connectivity index (χ1v) is 7.93. The molecule has 3 heterocycles. The average Bonchev–Trinajstić information content (AvgIpc) is 3.28. The number of rotatable bonds is 6. The quantitative estimate of drug-likeness (QED) is 0.528. The molecule has 9 heteroatoms. The van der Waals surface area contributed by atoms with Crippen LogP contribution in [0.5, 0.6) is 0 Å². The molecule has 3 rings (SSSR count). The predicted octanol–water partition coefficient (Wildman–Crippen LogP) is 2.10. The van der Waals surface area contributed by atoms with Crippen LogP contribution in [0, 0.1) is 13.8 Å². The SMILES string of the molecule is CCOC(=O)c1[nH]c(C)c(C(=O)Cn2nc(-c3ccco3)oc2=O)c1C. The van der Waals surface area contributed by atoms with Gasteiger partial charge in [-0.05, 0) is 38.5 Å². The van der Waals surface area contributed by atoms with Gasteiger partial charge in [0.25, 0.3) is 5.89 Å². The number of nitrogens with one attached hydrogen (secondary N) is 1. The van der Waals surface area contributed by atoms with Gasteiger partial charge in [0, 0.05) is 11.3 Å². The number of ketones is 1. The lowest BCUT2D eigenvalue weighted by Crippen LogP contribution is -2.22. The molecule has 3 aromatic heterocycles. The molecule has 0 saturated heterocycles. The number of hydrogen-bond donors (Lipinski definition) is 1. The van der Waals surface area contributed by atoms with E-state index in [0.717, 1.165) is 4.68 Å². The number of nitrogens with zero attached hydrogens (tertiary/aromatic N) is 2. The molecule has 0 unspecified atom stereocenters. The monoisotopic (exact) mass is 359 g/mol. The van der Waals surface area contributed by atoms with E-state index in [1.165, 1.54) is 6.26 Å². The van der Waals surface area contributed by atoms with Gasteiger partial charge in [0.1, 0.15) is 12.2 Å². The summed E-state index contributed by atoms with van der Waals surface area (Å²) < 4.78 is 16.0. The van der Waals surface area contributed by atoms with E-state index in [-0.39, 0.29) is 36.3 Å². The van der Waals surface area contributed by atoms with Crippen LogP contribution < -0.4 is 5.76 Å². The molecule has 0 aliphatic carbocycles. The lowest BCUT2D eigenvalue weighted by molar-refractivity contribution is 0.0519. The third kappa shape index (κ3) is 3.10. The Bertz CT molecular complexity index is 1010. The number of H-pyrrole nitrogens is 1. The number of carbonyl (C=O) groups is 2. The van der Waals surface area contributed by atoms with Crippen molar-refractivity contribution >= 4 is 11.8 Å². The van der Waals surface area contributed by atoms with Gasteiger partial charge in [-0.3, -0.25) is 4.79 Å². The minimum absolute atomic E-state index is 0.0116. The van der Waals surface area contributed by atoms with Crippen LogP contribution >= 0.6 is 0 Å². The first-order valence-electron chi connectivity index (χ1n) is 7.93. The highest BCUT2D eigenvalue weighted by molar-refractivity contribution is 6.02. The molecule has 136 valence electrons. The molecular weight excluding hydrogens is 342 g/mol. The maximum Gasteiger partial charge on any atom is 0.437 e. The van der Waals surface area contributed by atoms with Gasteiger partial charge in [-0.2, -0.15) is 4.68 Å². The molecule has 1 N–H and O–H groups in total. The van der Waals surface area contributed by atoms with Crippen molar-refractivity contribution in [3.8, 4) is 11.7 Å². The van der Waals surface area contributed by atoms with Crippen LogP contribution in [0.15, 0.2) is 32.0 Å². The zero-order chi connectivity index (χ0) is 18.8. The van der Waals surface area contributed by atoms with Crippen LogP contribution in [0.3, 0.4) is 0 Å². The predicted molar refractivity (Wildman–Crippen MR) is 89.0 cm³/mol. The Balaban J connectivity index is 1.87. The second-order valence-corrected chi connectivity index (χ2v) is 5.58. The molecule has 0 fully saturated rings. The van der Waals surface area contributed by atoms with E-state index in [4.69, 9.17) is 13.6 Å². The van der Waals surface area contributed by atoms with E-state index in [9.17, 15) is 14.4 Å². The molecule has 26 heavy (non-hydrogen) atoms. The third-order valence-electron chi connectivity index (χ3n) is 3.83. The molecule has 0 aliphatic heterocycles. The Morgan fingerprint density at radius 2 is 2.12 bits per heavy atom. The Labute approximate surface area is 147 Å². The van der Waals surface area contributed by atoms with Crippen LogP contribution in [0.2, 0.25) is 0 Å². The number of aromatic nitrogens is 3. The summed E-state index contributed by atoms with van der Waals surface area (Å²) in [7, 11) is 0. The first-order chi connectivity index (χ1) is 12.4. The highest BCUT2D eigenvalue weighted by atomic mass is 16.5. The van der Waals surface area contributed by atoms with E-state index < -0.39 is 11.7 Å². The van der Waals surface area contributed by atoms with Crippen molar-refractivity contribution < 1.29 is 23.2 Å². The lowest BCUT2D eigenvalue weighted by Gasteiger charge is -2.02. The minimum atomic E-state index is -0.777.